The number of rotatable bonds is 5. The van der Waals surface area contributed by atoms with Crippen LogP contribution >= 0.6 is 0 Å². The first-order valence-electron chi connectivity index (χ1n) is 7.41. The van der Waals surface area contributed by atoms with E-state index in [0.29, 0.717) is 17.6 Å². The van der Waals surface area contributed by atoms with Gasteiger partial charge in [-0.2, -0.15) is 0 Å². The van der Waals surface area contributed by atoms with E-state index in [9.17, 15) is 18.4 Å². The molecule has 1 heterocycles. The van der Waals surface area contributed by atoms with Crippen LogP contribution in [0.4, 0.5) is 14.5 Å². The average molecular weight is 348 g/mol. The molecule has 0 unspecified atom stereocenters. The Morgan fingerprint density at radius 3 is 2.60 bits per heavy atom. The number of fused-ring (bicyclic) bond motifs is 1. The van der Waals surface area contributed by atoms with Crippen molar-refractivity contribution < 1.29 is 27.8 Å². The summed E-state index contributed by atoms with van der Waals surface area (Å²) >= 11 is 0. The SMILES string of the molecule is O=C(CC(=O)Nc1ccc(F)cc1F)NCc1ccc2c(c1)OCO2. The summed E-state index contributed by atoms with van der Waals surface area (Å²) in [5.41, 5.74) is 0.595. The van der Waals surface area contributed by atoms with Crippen molar-refractivity contribution in [1.82, 2.24) is 5.32 Å². The summed E-state index contributed by atoms with van der Waals surface area (Å²) in [6.45, 7) is 0.360. The molecule has 6 nitrogen and oxygen atoms in total. The first-order chi connectivity index (χ1) is 12.0. The van der Waals surface area contributed by atoms with Gasteiger partial charge in [0.15, 0.2) is 11.5 Å². The zero-order valence-corrected chi connectivity index (χ0v) is 13.0. The maximum absolute atomic E-state index is 13.4. The third-order valence-electron chi connectivity index (χ3n) is 3.45. The van der Waals surface area contributed by atoms with Gasteiger partial charge in [0.1, 0.15) is 18.1 Å². The highest BCUT2D eigenvalue weighted by Crippen LogP contribution is 2.32. The molecule has 2 amide bonds. The minimum atomic E-state index is -0.908. The average Bonchev–Trinajstić information content (AvgIpc) is 3.03. The highest BCUT2D eigenvalue weighted by Gasteiger charge is 2.15. The minimum Gasteiger partial charge on any atom is -0.454 e. The second-order valence-electron chi connectivity index (χ2n) is 5.31. The number of amides is 2. The van der Waals surface area contributed by atoms with Gasteiger partial charge in [0, 0.05) is 12.6 Å². The lowest BCUT2D eigenvalue weighted by Gasteiger charge is -2.08. The number of benzene rings is 2. The van der Waals surface area contributed by atoms with Gasteiger partial charge in [-0.3, -0.25) is 9.59 Å². The van der Waals surface area contributed by atoms with Gasteiger partial charge in [-0.25, -0.2) is 8.78 Å². The molecule has 2 aromatic rings. The van der Waals surface area contributed by atoms with E-state index in [1.54, 1.807) is 18.2 Å². The van der Waals surface area contributed by atoms with E-state index < -0.39 is 29.9 Å². The van der Waals surface area contributed by atoms with Crippen LogP contribution in [0.15, 0.2) is 36.4 Å². The monoisotopic (exact) mass is 348 g/mol. The molecule has 25 heavy (non-hydrogen) atoms. The highest BCUT2D eigenvalue weighted by atomic mass is 19.1. The van der Waals surface area contributed by atoms with Crippen molar-refractivity contribution in [2.45, 2.75) is 13.0 Å². The van der Waals surface area contributed by atoms with Crippen LogP contribution in [0.25, 0.3) is 0 Å². The van der Waals surface area contributed by atoms with Crippen molar-refractivity contribution in [3.05, 3.63) is 53.6 Å². The lowest BCUT2D eigenvalue weighted by atomic mass is 10.2. The number of carbonyl (C=O) groups excluding carboxylic acids is 2. The van der Waals surface area contributed by atoms with Crippen molar-refractivity contribution in [2.24, 2.45) is 0 Å². The molecular formula is C17H14F2N2O4. The lowest BCUT2D eigenvalue weighted by Crippen LogP contribution is -2.27. The van der Waals surface area contributed by atoms with Crippen LogP contribution in [0.1, 0.15) is 12.0 Å². The smallest absolute Gasteiger partial charge is 0.233 e. The fraction of sp³-hybridized carbons (Fsp3) is 0.176. The summed E-state index contributed by atoms with van der Waals surface area (Å²) in [5.74, 6) is -1.66. The number of anilines is 1. The molecule has 3 rings (SSSR count). The Bertz CT molecular complexity index is 826. The van der Waals surface area contributed by atoms with E-state index >= 15 is 0 Å². The van der Waals surface area contributed by atoms with Crippen LogP contribution in [0, 0.1) is 11.6 Å². The molecule has 0 aromatic heterocycles. The van der Waals surface area contributed by atoms with Crippen molar-refractivity contribution in [3.8, 4) is 11.5 Å². The second kappa shape index (κ2) is 7.16. The summed E-state index contributed by atoms with van der Waals surface area (Å²) in [4.78, 5) is 23.6. The van der Waals surface area contributed by atoms with Gasteiger partial charge in [-0.1, -0.05) is 6.07 Å². The Morgan fingerprint density at radius 2 is 1.80 bits per heavy atom. The maximum Gasteiger partial charge on any atom is 0.233 e. The molecule has 2 N–H and O–H groups in total. The molecule has 0 radical (unpaired) electrons. The molecule has 1 aliphatic heterocycles. The Labute approximate surface area is 141 Å². The van der Waals surface area contributed by atoms with Crippen LogP contribution in [0.2, 0.25) is 0 Å². The van der Waals surface area contributed by atoms with Gasteiger partial charge in [-0.15, -0.1) is 0 Å². The van der Waals surface area contributed by atoms with E-state index in [2.05, 4.69) is 10.6 Å². The number of ether oxygens (including phenoxy) is 2. The van der Waals surface area contributed by atoms with Gasteiger partial charge in [-0.05, 0) is 29.8 Å². The quantitative estimate of drug-likeness (QED) is 0.813. The van der Waals surface area contributed by atoms with Crippen LogP contribution in [-0.2, 0) is 16.1 Å². The number of halogens is 2. The molecule has 0 atom stereocenters. The number of hydrogen-bond donors (Lipinski definition) is 2. The summed E-state index contributed by atoms with van der Waals surface area (Å²) in [6, 6.07) is 7.98. The fourth-order valence-electron chi connectivity index (χ4n) is 2.25. The third-order valence-corrected chi connectivity index (χ3v) is 3.45. The largest absolute Gasteiger partial charge is 0.454 e. The molecular weight excluding hydrogens is 334 g/mol. The topological polar surface area (TPSA) is 76.7 Å². The normalized spacial score (nSPS) is 11.9. The standard InChI is InChI=1S/C17H14F2N2O4/c18-11-2-3-13(12(19)6-11)21-17(23)7-16(22)20-8-10-1-4-14-15(5-10)25-9-24-14/h1-6H,7-9H2,(H,20,22)(H,21,23). The predicted octanol–water partition coefficient (Wildman–Crippen LogP) is 2.34. The molecule has 0 saturated heterocycles. The van der Waals surface area contributed by atoms with Crippen molar-refractivity contribution in [1.29, 1.82) is 0 Å². The molecule has 0 bridgehead atoms. The number of hydrogen-bond acceptors (Lipinski definition) is 4. The first kappa shape index (κ1) is 16.7. The molecule has 0 fully saturated rings. The van der Waals surface area contributed by atoms with Crippen LogP contribution < -0.4 is 20.1 Å². The van der Waals surface area contributed by atoms with Crippen LogP contribution in [0.3, 0.4) is 0 Å². The summed E-state index contributed by atoms with van der Waals surface area (Å²) in [7, 11) is 0. The zero-order valence-electron chi connectivity index (χ0n) is 13.0. The molecule has 8 heteroatoms. The van der Waals surface area contributed by atoms with E-state index in [-0.39, 0.29) is 19.0 Å². The Hall–Kier alpha value is -3.16. The zero-order chi connectivity index (χ0) is 17.8. The van der Waals surface area contributed by atoms with Crippen LogP contribution in [0.5, 0.6) is 11.5 Å². The molecule has 2 aromatic carbocycles. The fourth-order valence-corrected chi connectivity index (χ4v) is 2.25. The van der Waals surface area contributed by atoms with E-state index in [1.807, 2.05) is 0 Å². The Kier molecular flexibility index (Phi) is 4.78. The molecule has 0 saturated carbocycles. The molecule has 0 aliphatic carbocycles. The maximum atomic E-state index is 13.4. The van der Waals surface area contributed by atoms with Crippen molar-refractivity contribution >= 4 is 17.5 Å². The Morgan fingerprint density at radius 1 is 1.00 bits per heavy atom. The van der Waals surface area contributed by atoms with Crippen molar-refractivity contribution in [2.75, 3.05) is 12.1 Å². The second-order valence-corrected chi connectivity index (χ2v) is 5.31. The highest BCUT2D eigenvalue weighted by molar-refractivity contribution is 6.03. The van der Waals surface area contributed by atoms with Gasteiger partial charge in [0.2, 0.25) is 18.6 Å². The Balaban J connectivity index is 1.49. The lowest BCUT2D eigenvalue weighted by molar-refractivity contribution is -0.126. The van der Waals surface area contributed by atoms with Crippen molar-refractivity contribution in [3.63, 3.8) is 0 Å². The number of carbonyl (C=O) groups is 2. The summed E-state index contributed by atoms with van der Waals surface area (Å²) in [6.07, 6.45) is -0.485. The third kappa shape index (κ3) is 4.23. The molecule has 0 spiro atoms. The molecule has 130 valence electrons. The van der Waals surface area contributed by atoms with E-state index in [0.717, 1.165) is 17.7 Å². The predicted molar refractivity (Wildman–Crippen MR) is 84.0 cm³/mol. The van der Waals surface area contributed by atoms with Gasteiger partial charge < -0.3 is 20.1 Å². The van der Waals surface area contributed by atoms with Gasteiger partial charge in [0.25, 0.3) is 0 Å². The number of nitrogens with one attached hydrogen (secondary N) is 2. The molecule has 1 aliphatic rings. The van der Waals surface area contributed by atoms with Gasteiger partial charge >= 0.3 is 0 Å². The van der Waals surface area contributed by atoms with Crippen LogP contribution in [-0.4, -0.2) is 18.6 Å². The summed E-state index contributed by atoms with van der Waals surface area (Å²) in [5, 5.41) is 4.80. The summed E-state index contributed by atoms with van der Waals surface area (Å²) < 4.78 is 36.7. The van der Waals surface area contributed by atoms with E-state index in [1.165, 1.54) is 0 Å². The minimum absolute atomic E-state index is 0.158. The van der Waals surface area contributed by atoms with Gasteiger partial charge in [0.05, 0.1) is 5.69 Å². The van der Waals surface area contributed by atoms with E-state index in [4.69, 9.17) is 9.47 Å². The first-order valence-corrected chi connectivity index (χ1v) is 7.41.